The van der Waals surface area contributed by atoms with E-state index in [-0.39, 0.29) is 6.10 Å². The molecule has 0 spiro atoms. The predicted octanol–water partition coefficient (Wildman–Crippen LogP) is 1.17. The van der Waals surface area contributed by atoms with Crippen LogP contribution in [0.4, 0.5) is 5.69 Å². The zero-order valence-corrected chi connectivity index (χ0v) is 11.8. The molecule has 2 rings (SSSR count). The first-order chi connectivity index (χ1) is 9.33. The lowest BCUT2D eigenvalue weighted by Gasteiger charge is -2.37. The van der Waals surface area contributed by atoms with Crippen molar-refractivity contribution in [3.63, 3.8) is 0 Å². The number of piperazine rings is 1. The van der Waals surface area contributed by atoms with Crippen LogP contribution in [0.15, 0.2) is 30.3 Å². The minimum atomic E-state index is 0.174. The molecule has 0 aliphatic carbocycles. The number of hydrogen-bond donors (Lipinski definition) is 1. The molecule has 1 aromatic carbocycles. The van der Waals surface area contributed by atoms with E-state index in [1.54, 1.807) is 0 Å². The summed E-state index contributed by atoms with van der Waals surface area (Å²) in [7, 11) is 0. The highest BCUT2D eigenvalue weighted by atomic mass is 16.5. The number of anilines is 1. The highest BCUT2D eigenvalue weighted by molar-refractivity contribution is 5.46. The zero-order chi connectivity index (χ0) is 13.5. The van der Waals surface area contributed by atoms with E-state index in [9.17, 15) is 0 Å². The molecule has 0 aromatic heterocycles. The van der Waals surface area contributed by atoms with Crippen LogP contribution < -0.4 is 10.6 Å². The highest BCUT2D eigenvalue weighted by Crippen LogP contribution is 2.15. The summed E-state index contributed by atoms with van der Waals surface area (Å²) in [5.41, 5.74) is 7.05. The lowest BCUT2D eigenvalue weighted by atomic mass is 10.2. The van der Waals surface area contributed by atoms with Crippen molar-refractivity contribution in [2.75, 3.05) is 50.8 Å². The maximum absolute atomic E-state index is 5.73. The highest BCUT2D eigenvalue weighted by Gasteiger charge is 2.19. The van der Waals surface area contributed by atoms with Gasteiger partial charge in [-0.2, -0.15) is 0 Å². The smallest absolute Gasteiger partial charge is 0.0823 e. The van der Waals surface area contributed by atoms with E-state index in [4.69, 9.17) is 10.5 Å². The van der Waals surface area contributed by atoms with Crippen LogP contribution in [0.25, 0.3) is 0 Å². The average molecular weight is 263 g/mol. The van der Waals surface area contributed by atoms with Gasteiger partial charge in [0.2, 0.25) is 0 Å². The summed E-state index contributed by atoms with van der Waals surface area (Å²) in [5.74, 6) is 0. The standard InChI is InChI=1S/C15H25N3O/c1-2-19-15(12-16)13-17-8-10-18(11-9-17)14-6-4-3-5-7-14/h3-7,15H,2,8-13,16H2,1H3. The van der Waals surface area contributed by atoms with Gasteiger partial charge in [0.1, 0.15) is 0 Å². The summed E-state index contributed by atoms with van der Waals surface area (Å²) in [6.07, 6.45) is 0.174. The van der Waals surface area contributed by atoms with Gasteiger partial charge in [0.25, 0.3) is 0 Å². The van der Waals surface area contributed by atoms with Crippen LogP contribution in [-0.4, -0.2) is 56.9 Å². The fraction of sp³-hybridized carbons (Fsp3) is 0.600. The molecule has 4 heteroatoms. The Morgan fingerprint density at radius 3 is 2.42 bits per heavy atom. The molecule has 4 nitrogen and oxygen atoms in total. The fourth-order valence-corrected chi connectivity index (χ4v) is 2.55. The van der Waals surface area contributed by atoms with Crippen LogP contribution in [0.3, 0.4) is 0 Å². The van der Waals surface area contributed by atoms with Gasteiger partial charge in [0, 0.05) is 51.6 Å². The third-order valence-electron chi connectivity index (χ3n) is 3.62. The van der Waals surface area contributed by atoms with Gasteiger partial charge in [-0.05, 0) is 19.1 Å². The summed E-state index contributed by atoms with van der Waals surface area (Å²) in [6.45, 7) is 8.64. The van der Waals surface area contributed by atoms with E-state index in [2.05, 4.69) is 40.1 Å². The van der Waals surface area contributed by atoms with Gasteiger partial charge in [-0.25, -0.2) is 0 Å². The van der Waals surface area contributed by atoms with Crippen molar-refractivity contribution in [3.8, 4) is 0 Å². The van der Waals surface area contributed by atoms with Gasteiger partial charge in [0.15, 0.2) is 0 Å². The second kappa shape index (κ2) is 7.48. The molecule has 1 aliphatic rings. The van der Waals surface area contributed by atoms with Crippen molar-refractivity contribution < 1.29 is 4.74 Å². The number of benzene rings is 1. The summed E-state index contributed by atoms with van der Waals surface area (Å²) in [4.78, 5) is 4.89. The van der Waals surface area contributed by atoms with Gasteiger partial charge in [-0.15, -0.1) is 0 Å². The Hall–Kier alpha value is -1.10. The van der Waals surface area contributed by atoms with Crippen molar-refractivity contribution in [2.24, 2.45) is 5.73 Å². The molecular weight excluding hydrogens is 238 g/mol. The van der Waals surface area contributed by atoms with Crippen LogP contribution in [0, 0.1) is 0 Å². The van der Waals surface area contributed by atoms with Crippen LogP contribution in [-0.2, 0) is 4.74 Å². The molecule has 1 aromatic rings. The summed E-state index contributed by atoms with van der Waals surface area (Å²) in [6, 6.07) is 10.6. The predicted molar refractivity (Wildman–Crippen MR) is 79.6 cm³/mol. The third kappa shape index (κ3) is 4.20. The van der Waals surface area contributed by atoms with Gasteiger partial charge in [0.05, 0.1) is 6.10 Å². The molecule has 0 amide bonds. The normalized spacial score (nSPS) is 18.5. The summed E-state index contributed by atoms with van der Waals surface area (Å²) < 4.78 is 5.63. The number of hydrogen-bond acceptors (Lipinski definition) is 4. The van der Waals surface area contributed by atoms with Gasteiger partial charge in [-0.3, -0.25) is 4.90 Å². The second-order valence-electron chi connectivity index (χ2n) is 4.94. The van der Waals surface area contributed by atoms with E-state index in [0.29, 0.717) is 6.54 Å². The van der Waals surface area contributed by atoms with Gasteiger partial charge >= 0.3 is 0 Å². The lowest BCUT2D eigenvalue weighted by Crippen LogP contribution is -2.50. The van der Waals surface area contributed by atoms with Gasteiger partial charge in [-0.1, -0.05) is 18.2 Å². The molecule has 106 valence electrons. The molecule has 1 aliphatic heterocycles. The summed E-state index contributed by atoms with van der Waals surface area (Å²) in [5, 5.41) is 0. The van der Waals surface area contributed by atoms with Crippen LogP contribution in [0.5, 0.6) is 0 Å². The number of para-hydroxylation sites is 1. The number of ether oxygens (including phenoxy) is 1. The number of nitrogens with two attached hydrogens (primary N) is 1. The van der Waals surface area contributed by atoms with Crippen molar-refractivity contribution in [3.05, 3.63) is 30.3 Å². The Kier molecular flexibility index (Phi) is 5.63. The molecule has 19 heavy (non-hydrogen) atoms. The van der Waals surface area contributed by atoms with Crippen LogP contribution in [0.2, 0.25) is 0 Å². The van der Waals surface area contributed by atoms with Crippen molar-refractivity contribution in [1.82, 2.24) is 4.90 Å². The van der Waals surface area contributed by atoms with E-state index in [1.807, 2.05) is 6.92 Å². The van der Waals surface area contributed by atoms with Crippen molar-refractivity contribution >= 4 is 5.69 Å². The summed E-state index contributed by atoms with van der Waals surface area (Å²) >= 11 is 0. The van der Waals surface area contributed by atoms with E-state index in [0.717, 1.165) is 39.3 Å². The van der Waals surface area contributed by atoms with E-state index in [1.165, 1.54) is 5.69 Å². The minimum Gasteiger partial charge on any atom is -0.376 e. The number of nitrogens with zero attached hydrogens (tertiary/aromatic N) is 2. The Labute approximate surface area is 116 Å². The van der Waals surface area contributed by atoms with Crippen molar-refractivity contribution in [2.45, 2.75) is 13.0 Å². The molecule has 0 saturated carbocycles. The van der Waals surface area contributed by atoms with Gasteiger partial charge < -0.3 is 15.4 Å². The molecular formula is C15H25N3O. The maximum atomic E-state index is 5.73. The molecule has 1 heterocycles. The molecule has 1 saturated heterocycles. The van der Waals surface area contributed by atoms with Crippen molar-refractivity contribution in [1.29, 1.82) is 0 Å². The zero-order valence-electron chi connectivity index (χ0n) is 11.8. The minimum absolute atomic E-state index is 0.174. The average Bonchev–Trinajstić information content (AvgIpc) is 2.48. The molecule has 2 N–H and O–H groups in total. The first kappa shape index (κ1) is 14.3. The van der Waals surface area contributed by atoms with E-state index >= 15 is 0 Å². The second-order valence-corrected chi connectivity index (χ2v) is 4.94. The molecule has 1 atom stereocenters. The lowest BCUT2D eigenvalue weighted by molar-refractivity contribution is 0.0379. The largest absolute Gasteiger partial charge is 0.376 e. The third-order valence-corrected chi connectivity index (χ3v) is 3.62. The first-order valence-corrected chi connectivity index (χ1v) is 7.17. The topological polar surface area (TPSA) is 41.7 Å². The Morgan fingerprint density at radius 1 is 1.16 bits per heavy atom. The molecule has 0 bridgehead atoms. The first-order valence-electron chi connectivity index (χ1n) is 7.17. The molecule has 1 fully saturated rings. The van der Waals surface area contributed by atoms with Crippen LogP contribution in [0.1, 0.15) is 6.92 Å². The Bertz CT molecular complexity index is 350. The Morgan fingerprint density at radius 2 is 1.84 bits per heavy atom. The SMILES string of the molecule is CCOC(CN)CN1CCN(c2ccccc2)CC1. The van der Waals surface area contributed by atoms with E-state index < -0.39 is 0 Å². The number of rotatable bonds is 6. The molecule has 0 radical (unpaired) electrons. The van der Waals surface area contributed by atoms with Crippen LogP contribution >= 0.6 is 0 Å². The maximum Gasteiger partial charge on any atom is 0.0823 e. The Balaban J connectivity index is 1.79. The fourth-order valence-electron chi connectivity index (χ4n) is 2.55. The molecule has 1 unspecified atom stereocenters. The monoisotopic (exact) mass is 263 g/mol. The quantitative estimate of drug-likeness (QED) is 0.836.